The summed E-state index contributed by atoms with van der Waals surface area (Å²) in [4.78, 5) is 16.1. The van der Waals surface area contributed by atoms with Crippen molar-refractivity contribution in [1.82, 2.24) is 14.8 Å². The number of amides is 1. The van der Waals surface area contributed by atoms with Crippen LogP contribution < -0.4 is 10.1 Å². The number of methoxy groups -OCH3 is 1. The molecule has 1 aromatic heterocycles. The Labute approximate surface area is 188 Å². The first-order valence-electron chi connectivity index (χ1n) is 10.1. The van der Waals surface area contributed by atoms with Gasteiger partial charge in [-0.2, -0.15) is 18.2 Å². The van der Waals surface area contributed by atoms with E-state index in [1.165, 1.54) is 23.9 Å². The minimum Gasteiger partial charge on any atom is -0.460 e. The maximum Gasteiger partial charge on any atom is 0.416 e. The molecule has 0 bridgehead atoms. The lowest BCUT2D eigenvalue weighted by Crippen LogP contribution is -2.17. The third-order valence-electron chi connectivity index (χ3n) is 4.35. The van der Waals surface area contributed by atoms with Crippen LogP contribution in [0.2, 0.25) is 0 Å². The quantitative estimate of drug-likeness (QED) is 0.457. The van der Waals surface area contributed by atoms with Gasteiger partial charge in [-0.1, -0.05) is 18.2 Å². The first kappa shape index (κ1) is 24.2. The van der Waals surface area contributed by atoms with Gasteiger partial charge in [-0.05, 0) is 37.3 Å². The summed E-state index contributed by atoms with van der Waals surface area (Å²) < 4.78 is 56.7. The normalized spacial score (nSPS) is 11.4. The number of anilines is 1. The predicted molar refractivity (Wildman–Crippen MR) is 114 cm³/mol. The molecule has 0 unspecified atom stereocenters. The summed E-state index contributed by atoms with van der Waals surface area (Å²) >= 11 is 0. The monoisotopic (exact) mass is 464 g/mol. The maximum atomic E-state index is 13.3. The van der Waals surface area contributed by atoms with Crippen molar-refractivity contribution in [3.05, 3.63) is 54.1 Å². The Morgan fingerprint density at radius 1 is 1.12 bits per heavy atom. The van der Waals surface area contributed by atoms with E-state index in [0.717, 1.165) is 12.1 Å². The highest BCUT2D eigenvalue weighted by atomic mass is 19.4. The number of nitrogens with one attached hydrogen (secondary N) is 1. The number of benzene rings is 2. The minimum atomic E-state index is -4.51. The van der Waals surface area contributed by atoms with Gasteiger partial charge in [-0.15, -0.1) is 5.10 Å². The molecule has 3 aromatic rings. The molecule has 0 aliphatic rings. The van der Waals surface area contributed by atoms with Gasteiger partial charge in [0.25, 0.3) is 0 Å². The molecule has 0 spiro atoms. The van der Waals surface area contributed by atoms with E-state index in [1.807, 2.05) is 6.92 Å². The Morgan fingerprint density at radius 2 is 1.91 bits per heavy atom. The average Bonchev–Trinajstić information content (AvgIpc) is 3.21. The minimum absolute atomic E-state index is 0.0177. The standard InChI is InChI=1S/C22H23F3N4O4/c1-3-32-10-11-33-21-27-20(15-6-4-7-16(12-15)22(23,24)25)29(28-21)18-9-5-8-17(13-18)26-19(30)14-31-2/h4-9,12-13H,3,10-11,14H2,1-2H3,(H,26,30). The van der Waals surface area contributed by atoms with Crippen LogP contribution in [-0.2, 0) is 20.4 Å². The number of hydrogen-bond acceptors (Lipinski definition) is 6. The van der Waals surface area contributed by atoms with Crippen LogP contribution in [0.3, 0.4) is 0 Å². The molecular weight excluding hydrogens is 441 g/mol. The Kier molecular flexibility index (Phi) is 8.01. The van der Waals surface area contributed by atoms with E-state index in [0.29, 0.717) is 24.6 Å². The van der Waals surface area contributed by atoms with Crippen molar-refractivity contribution in [2.75, 3.05) is 38.9 Å². The zero-order chi connectivity index (χ0) is 23.8. The number of alkyl halides is 3. The summed E-state index contributed by atoms with van der Waals surface area (Å²) in [7, 11) is 1.40. The zero-order valence-corrected chi connectivity index (χ0v) is 18.1. The van der Waals surface area contributed by atoms with E-state index in [4.69, 9.17) is 14.2 Å². The van der Waals surface area contributed by atoms with Crippen LogP contribution in [0.4, 0.5) is 18.9 Å². The third-order valence-corrected chi connectivity index (χ3v) is 4.35. The number of ether oxygens (including phenoxy) is 3. The molecule has 0 fully saturated rings. The summed E-state index contributed by atoms with van der Waals surface area (Å²) in [6.45, 7) is 2.72. The van der Waals surface area contributed by atoms with Crippen LogP contribution in [0.15, 0.2) is 48.5 Å². The Balaban J connectivity index is 2.00. The van der Waals surface area contributed by atoms with Crippen molar-refractivity contribution in [1.29, 1.82) is 0 Å². The third kappa shape index (κ3) is 6.53. The van der Waals surface area contributed by atoms with Crippen molar-refractivity contribution in [3.8, 4) is 23.1 Å². The summed E-state index contributed by atoms with van der Waals surface area (Å²) in [6.07, 6.45) is -4.51. The highest BCUT2D eigenvalue weighted by Crippen LogP contribution is 2.33. The summed E-state index contributed by atoms with van der Waals surface area (Å²) in [6, 6.07) is 11.4. The Morgan fingerprint density at radius 3 is 2.64 bits per heavy atom. The summed E-state index contributed by atoms with van der Waals surface area (Å²) in [5.41, 5.74) is 0.309. The highest BCUT2D eigenvalue weighted by molar-refractivity contribution is 5.91. The van der Waals surface area contributed by atoms with Gasteiger partial charge in [0.1, 0.15) is 13.2 Å². The first-order chi connectivity index (χ1) is 15.8. The van der Waals surface area contributed by atoms with E-state index in [9.17, 15) is 18.0 Å². The summed E-state index contributed by atoms with van der Waals surface area (Å²) in [5, 5.41) is 6.99. The fourth-order valence-corrected chi connectivity index (χ4v) is 2.94. The second kappa shape index (κ2) is 10.9. The van der Waals surface area contributed by atoms with E-state index >= 15 is 0 Å². The topological polar surface area (TPSA) is 87.5 Å². The first-order valence-corrected chi connectivity index (χ1v) is 10.1. The zero-order valence-electron chi connectivity index (χ0n) is 18.1. The molecule has 1 heterocycles. The van der Waals surface area contributed by atoms with Gasteiger partial charge in [-0.3, -0.25) is 4.79 Å². The molecule has 0 radical (unpaired) electrons. The van der Waals surface area contributed by atoms with Gasteiger partial charge in [0.2, 0.25) is 5.91 Å². The van der Waals surface area contributed by atoms with Crippen LogP contribution in [0.25, 0.3) is 17.1 Å². The van der Waals surface area contributed by atoms with Gasteiger partial charge in [0, 0.05) is 25.0 Å². The smallest absolute Gasteiger partial charge is 0.416 e. The van der Waals surface area contributed by atoms with Gasteiger partial charge >= 0.3 is 12.2 Å². The SMILES string of the molecule is CCOCCOc1nc(-c2cccc(C(F)(F)F)c2)n(-c2cccc(NC(=O)COC)c2)n1. The number of aromatic nitrogens is 3. The van der Waals surface area contributed by atoms with Crippen LogP contribution in [-0.4, -0.2) is 54.2 Å². The molecule has 0 aliphatic heterocycles. The molecule has 0 saturated carbocycles. The molecule has 2 aromatic carbocycles. The number of nitrogens with zero attached hydrogens (tertiary/aromatic N) is 3. The molecule has 3 rings (SSSR count). The van der Waals surface area contributed by atoms with E-state index in [-0.39, 0.29) is 36.5 Å². The van der Waals surface area contributed by atoms with Gasteiger partial charge in [0.15, 0.2) is 5.82 Å². The van der Waals surface area contributed by atoms with Gasteiger partial charge in [-0.25, -0.2) is 4.68 Å². The van der Waals surface area contributed by atoms with Crippen LogP contribution >= 0.6 is 0 Å². The highest BCUT2D eigenvalue weighted by Gasteiger charge is 2.31. The molecular formula is C22H23F3N4O4. The lowest BCUT2D eigenvalue weighted by atomic mass is 10.1. The molecule has 8 nitrogen and oxygen atoms in total. The lowest BCUT2D eigenvalue weighted by Gasteiger charge is -2.11. The van der Waals surface area contributed by atoms with E-state index in [1.54, 1.807) is 24.3 Å². The molecule has 176 valence electrons. The van der Waals surface area contributed by atoms with E-state index < -0.39 is 11.7 Å². The van der Waals surface area contributed by atoms with Gasteiger partial charge in [0.05, 0.1) is 17.9 Å². The average molecular weight is 464 g/mol. The number of halogens is 3. The molecule has 33 heavy (non-hydrogen) atoms. The van der Waals surface area contributed by atoms with Crippen molar-refractivity contribution in [2.24, 2.45) is 0 Å². The fourth-order valence-electron chi connectivity index (χ4n) is 2.94. The predicted octanol–water partition coefficient (Wildman–Crippen LogP) is 3.95. The molecule has 11 heteroatoms. The number of hydrogen-bond donors (Lipinski definition) is 1. The Hall–Kier alpha value is -3.44. The van der Waals surface area contributed by atoms with Crippen molar-refractivity contribution < 1.29 is 32.2 Å². The van der Waals surface area contributed by atoms with E-state index in [2.05, 4.69) is 15.4 Å². The van der Waals surface area contributed by atoms with Crippen molar-refractivity contribution >= 4 is 11.6 Å². The van der Waals surface area contributed by atoms with Crippen molar-refractivity contribution in [3.63, 3.8) is 0 Å². The Bertz CT molecular complexity index is 1090. The molecule has 1 N–H and O–H groups in total. The molecule has 0 saturated heterocycles. The summed E-state index contributed by atoms with van der Waals surface area (Å²) in [5.74, 6) is -0.209. The fraction of sp³-hybridized carbons (Fsp3) is 0.318. The number of rotatable bonds is 10. The largest absolute Gasteiger partial charge is 0.460 e. The van der Waals surface area contributed by atoms with Crippen LogP contribution in [0.5, 0.6) is 6.01 Å². The maximum absolute atomic E-state index is 13.3. The van der Waals surface area contributed by atoms with Gasteiger partial charge < -0.3 is 19.5 Å². The molecule has 0 atom stereocenters. The van der Waals surface area contributed by atoms with Crippen LogP contribution in [0, 0.1) is 0 Å². The number of carbonyl (C=O) groups excluding carboxylic acids is 1. The number of carbonyl (C=O) groups is 1. The molecule has 0 aliphatic carbocycles. The second-order valence-electron chi connectivity index (χ2n) is 6.79. The lowest BCUT2D eigenvalue weighted by molar-refractivity contribution is -0.137. The van der Waals surface area contributed by atoms with Crippen LogP contribution in [0.1, 0.15) is 12.5 Å². The molecule has 1 amide bonds. The second-order valence-corrected chi connectivity index (χ2v) is 6.79. The van der Waals surface area contributed by atoms with Crippen molar-refractivity contribution in [2.45, 2.75) is 13.1 Å².